The van der Waals surface area contributed by atoms with E-state index in [1.165, 1.54) is 6.33 Å². The second-order valence-corrected chi connectivity index (χ2v) is 2.70. The molecule has 0 saturated heterocycles. The van der Waals surface area contributed by atoms with Crippen molar-refractivity contribution in [1.29, 1.82) is 0 Å². The average molecular weight is 185 g/mol. The zero-order chi connectivity index (χ0) is 9.84. The van der Waals surface area contributed by atoms with E-state index in [1.807, 2.05) is 14.1 Å². The number of carbonyl (C=O) groups excluding carboxylic acids is 1. The third-order valence-corrected chi connectivity index (χ3v) is 1.37. The fraction of sp³-hybridized carbons (Fsp3) is 0.333. The third-order valence-electron chi connectivity index (χ3n) is 1.37. The maximum Gasteiger partial charge on any atom is 0.275 e. The number of hydrazine groups is 1. The summed E-state index contributed by atoms with van der Waals surface area (Å²) >= 11 is 0. The molecule has 1 rings (SSSR count). The van der Waals surface area contributed by atoms with Gasteiger partial charge in [-0.05, 0) is 0 Å². The summed E-state index contributed by atoms with van der Waals surface area (Å²) in [5.74, 6) is 0.0225. The number of amides is 1. The number of quaternary nitrogens is 1. The molecule has 13 heavy (non-hydrogen) atoms. The number of primary amides is 1. The highest BCUT2D eigenvalue weighted by atomic mass is 16.1. The Morgan fingerprint density at radius 3 is 3.00 bits per heavy atom. The molecule has 7 heteroatoms. The topological polar surface area (TPSA) is 104 Å². The number of hydrogen-bond donors (Lipinski definition) is 4. The molecule has 6 N–H and O–H groups in total. The molecule has 1 heterocycles. The minimum Gasteiger partial charge on any atom is -0.364 e. The van der Waals surface area contributed by atoms with Crippen molar-refractivity contribution in [3.63, 3.8) is 0 Å². The van der Waals surface area contributed by atoms with Gasteiger partial charge >= 0.3 is 0 Å². The number of imidazole rings is 1. The van der Waals surface area contributed by atoms with E-state index in [2.05, 4.69) is 15.5 Å². The molecule has 0 atom stereocenters. The van der Waals surface area contributed by atoms with Gasteiger partial charge in [0.25, 0.3) is 11.7 Å². The molecule has 0 aliphatic rings. The monoisotopic (exact) mass is 185 g/mol. The molecule has 0 aromatic carbocycles. The second kappa shape index (κ2) is 3.99. The average Bonchev–Trinajstić information content (AvgIpc) is 2.47. The van der Waals surface area contributed by atoms with Gasteiger partial charge < -0.3 is 5.73 Å². The normalized spacial score (nSPS) is 10.7. The molecule has 0 radical (unpaired) electrons. The number of nitrogens with zero attached hydrogens (tertiary/aromatic N) is 2. The van der Waals surface area contributed by atoms with Crippen molar-refractivity contribution in [2.45, 2.75) is 0 Å². The van der Waals surface area contributed by atoms with Gasteiger partial charge in [-0.2, -0.15) is 0 Å². The van der Waals surface area contributed by atoms with E-state index in [-0.39, 0.29) is 5.69 Å². The number of aromatic amines is 1. The van der Waals surface area contributed by atoms with Crippen LogP contribution in [0.4, 0.5) is 5.82 Å². The lowest BCUT2D eigenvalue weighted by Gasteiger charge is -2.07. The van der Waals surface area contributed by atoms with Crippen LogP contribution in [-0.2, 0) is 0 Å². The van der Waals surface area contributed by atoms with Crippen LogP contribution in [0.25, 0.3) is 0 Å². The van der Waals surface area contributed by atoms with Crippen molar-refractivity contribution in [1.82, 2.24) is 20.5 Å². The van der Waals surface area contributed by atoms with E-state index in [0.29, 0.717) is 5.82 Å². The van der Waals surface area contributed by atoms with Crippen molar-refractivity contribution >= 4 is 11.7 Å². The van der Waals surface area contributed by atoms with E-state index >= 15 is 0 Å². The highest BCUT2D eigenvalue weighted by molar-refractivity contribution is 5.93. The summed E-state index contributed by atoms with van der Waals surface area (Å²) in [7, 11) is 3.66. The van der Waals surface area contributed by atoms with E-state index in [1.54, 1.807) is 10.4 Å². The molecule has 0 spiro atoms. The van der Waals surface area contributed by atoms with Crippen LogP contribution in [0.3, 0.4) is 0 Å². The lowest BCUT2D eigenvalue weighted by Crippen LogP contribution is -2.91. The molecule has 72 valence electrons. The molecular formula is C6H13N6O+. The van der Waals surface area contributed by atoms with E-state index in [4.69, 9.17) is 5.73 Å². The maximum absolute atomic E-state index is 10.8. The van der Waals surface area contributed by atoms with E-state index in [0.717, 1.165) is 0 Å². The Bertz CT molecular complexity index is 293. The predicted octanol–water partition coefficient (Wildman–Crippen LogP) is -2.32. The highest BCUT2D eigenvalue weighted by Gasteiger charge is 2.14. The molecule has 0 aliphatic carbocycles. The van der Waals surface area contributed by atoms with Gasteiger partial charge in [0.15, 0.2) is 0 Å². The van der Waals surface area contributed by atoms with Crippen molar-refractivity contribution in [2.75, 3.05) is 14.1 Å². The second-order valence-electron chi connectivity index (χ2n) is 2.70. The predicted molar refractivity (Wildman–Crippen MR) is 45.5 cm³/mol. The maximum atomic E-state index is 10.8. The third kappa shape index (κ3) is 2.51. The van der Waals surface area contributed by atoms with Gasteiger partial charge in [-0.15, -0.1) is 0 Å². The highest BCUT2D eigenvalue weighted by Crippen LogP contribution is 1.99. The summed E-state index contributed by atoms with van der Waals surface area (Å²) in [4.78, 5) is 17.4. The van der Waals surface area contributed by atoms with Gasteiger partial charge in [0.2, 0.25) is 5.69 Å². The number of H-pyrrole nitrogens is 1. The minimum absolute atomic E-state index is 0.231. The minimum atomic E-state index is -0.548. The largest absolute Gasteiger partial charge is 0.364 e. The molecule has 0 fully saturated rings. The van der Waals surface area contributed by atoms with Crippen LogP contribution < -0.4 is 16.7 Å². The Hall–Kier alpha value is -1.44. The Labute approximate surface area is 75.3 Å². The number of aromatic nitrogens is 2. The van der Waals surface area contributed by atoms with Crippen LogP contribution >= 0.6 is 0 Å². The fourth-order valence-electron chi connectivity index (χ4n) is 0.804. The summed E-state index contributed by atoms with van der Waals surface area (Å²) in [6.45, 7) is 0. The summed E-state index contributed by atoms with van der Waals surface area (Å²) in [5, 5.41) is 1.73. The molecular weight excluding hydrogens is 172 g/mol. The Kier molecular flexibility index (Phi) is 2.96. The van der Waals surface area contributed by atoms with Gasteiger partial charge in [-0.25, -0.2) is 15.4 Å². The number of nitrogens with one attached hydrogen (secondary N) is 2. The molecule has 1 aromatic heterocycles. The SMILES string of the molecule is CN(C)N[NH2+]c1[nH]cnc1C(N)=O. The summed E-state index contributed by atoms with van der Waals surface area (Å²) < 4.78 is 0. The van der Waals surface area contributed by atoms with Crippen LogP contribution in [0.15, 0.2) is 6.33 Å². The van der Waals surface area contributed by atoms with E-state index in [9.17, 15) is 4.79 Å². The van der Waals surface area contributed by atoms with Gasteiger partial charge in [-0.3, -0.25) is 9.78 Å². The van der Waals surface area contributed by atoms with Gasteiger partial charge in [0.05, 0.1) is 6.33 Å². The first kappa shape index (κ1) is 9.65. The lowest BCUT2D eigenvalue weighted by atomic mass is 10.4. The first-order valence-electron chi connectivity index (χ1n) is 3.71. The van der Waals surface area contributed by atoms with Crippen molar-refractivity contribution < 1.29 is 10.2 Å². The molecule has 7 nitrogen and oxygen atoms in total. The number of nitrogens with two attached hydrogens (primary N) is 2. The summed E-state index contributed by atoms with van der Waals surface area (Å²) in [5.41, 5.74) is 9.80. The van der Waals surface area contributed by atoms with Crippen LogP contribution in [0.2, 0.25) is 0 Å². The van der Waals surface area contributed by atoms with Crippen molar-refractivity contribution in [2.24, 2.45) is 5.73 Å². The molecule has 0 aliphatic heterocycles. The summed E-state index contributed by atoms with van der Waals surface area (Å²) in [6.07, 6.45) is 1.42. The molecule has 0 saturated carbocycles. The Morgan fingerprint density at radius 1 is 1.77 bits per heavy atom. The Balaban J connectivity index is 2.65. The molecule has 0 unspecified atom stereocenters. The molecule has 1 amide bonds. The zero-order valence-corrected chi connectivity index (χ0v) is 7.53. The fourth-order valence-corrected chi connectivity index (χ4v) is 0.804. The number of hydrogen-bond acceptors (Lipinski definition) is 4. The van der Waals surface area contributed by atoms with Gasteiger partial charge in [-0.1, -0.05) is 5.53 Å². The molecule has 1 aromatic rings. The Morgan fingerprint density at radius 2 is 2.46 bits per heavy atom. The van der Waals surface area contributed by atoms with Crippen LogP contribution in [-0.4, -0.2) is 35.0 Å². The van der Waals surface area contributed by atoms with Crippen molar-refractivity contribution in [3.05, 3.63) is 12.0 Å². The first-order chi connectivity index (χ1) is 6.11. The smallest absolute Gasteiger partial charge is 0.275 e. The standard InChI is InChI=1S/C6H12N6O/c1-12(2)11-10-6-4(5(7)13)8-3-9-6/h3,10-11H,1-2H3,(H2,7,13)(H,8,9)/p+1. The lowest BCUT2D eigenvalue weighted by molar-refractivity contribution is -0.663. The number of rotatable bonds is 4. The van der Waals surface area contributed by atoms with E-state index < -0.39 is 5.91 Å². The summed E-state index contributed by atoms with van der Waals surface area (Å²) in [6, 6.07) is 0. The number of carbonyl (C=O) groups is 1. The van der Waals surface area contributed by atoms with Crippen molar-refractivity contribution in [3.8, 4) is 0 Å². The van der Waals surface area contributed by atoms with Gasteiger partial charge in [0.1, 0.15) is 0 Å². The first-order valence-corrected chi connectivity index (χ1v) is 3.71. The van der Waals surface area contributed by atoms with Crippen LogP contribution in [0.1, 0.15) is 10.5 Å². The quantitative estimate of drug-likeness (QED) is 0.312. The van der Waals surface area contributed by atoms with Crippen LogP contribution in [0, 0.1) is 0 Å². The van der Waals surface area contributed by atoms with Crippen LogP contribution in [0.5, 0.6) is 0 Å². The zero-order valence-electron chi connectivity index (χ0n) is 7.53. The van der Waals surface area contributed by atoms with Gasteiger partial charge in [0, 0.05) is 14.1 Å². The molecule has 0 bridgehead atoms.